The molecule has 2 rings (SSSR count). The molecule has 0 amide bonds. The summed E-state index contributed by atoms with van der Waals surface area (Å²) in [5.41, 5.74) is 1.13. The zero-order chi connectivity index (χ0) is 16.1. The highest BCUT2D eigenvalue weighted by molar-refractivity contribution is 5.28. The molecule has 1 saturated carbocycles. The van der Waals surface area contributed by atoms with Gasteiger partial charge in [0.15, 0.2) is 0 Å². The van der Waals surface area contributed by atoms with Crippen molar-refractivity contribution in [2.45, 2.75) is 36.8 Å². The second-order valence-electron chi connectivity index (χ2n) is 6.23. The lowest BCUT2D eigenvalue weighted by atomic mass is 9.70. The van der Waals surface area contributed by atoms with Gasteiger partial charge in [-0.05, 0) is 45.3 Å². The van der Waals surface area contributed by atoms with E-state index in [0.29, 0.717) is 6.61 Å². The number of hydrogen-bond donors (Lipinski definition) is 0. The van der Waals surface area contributed by atoms with Crippen LogP contribution in [0, 0.1) is 11.8 Å². The molecule has 3 heteroatoms. The van der Waals surface area contributed by atoms with Crippen LogP contribution in [0.15, 0.2) is 30.3 Å². The van der Waals surface area contributed by atoms with Crippen molar-refractivity contribution in [3.05, 3.63) is 35.9 Å². The minimum absolute atomic E-state index is 0.0756. The Balaban J connectivity index is 2.22. The van der Waals surface area contributed by atoms with Crippen LogP contribution in [-0.2, 0) is 15.0 Å². The third-order valence-electron chi connectivity index (χ3n) is 4.98. The van der Waals surface area contributed by atoms with Crippen LogP contribution in [0.4, 0.5) is 0 Å². The van der Waals surface area contributed by atoms with Crippen molar-refractivity contribution in [2.24, 2.45) is 0 Å². The average Bonchev–Trinajstić information content (AvgIpc) is 2.56. The molecule has 0 atom stereocenters. The molecule has 0 unspecified atom stereocenters. The minimum atomic E-state index is -0.327. The summed E-state index contributed by atoms with van der Waals surface area (Å²) in [7, 11) is 7.78. The van der Waals surface area contributed by atoms with Crippen molar-refractivity contribution in [1.82, 2.24) is 4.90 Å². The van der Waals surface area contributed by atoms with E-state index in [1.54, 1.807) is 14.2 Å². The van der Waals surface area contributed by atoms with E-state index >= 15 is 0 Å². The molecule has 0 spiro atoms. The third-order valence-corrected chi connectivity index (χ3v) is 4.98. The molecule has 1 aromatic rings. The van der Waals surface area contributed by atoms with E-state index in [-0.39, 0.29) is 11.1 Å². The Morgan fingerprint density at radius 3 is 2.18 bits per heavy atom. The van der Waals surface area contributed by atoms with Crippen LogP contribution >= 0.6 is 0 Å². The van der Waals surface area contributed by atoms with Gasteiger partial charge in [0.25, 0.3) is 0 Å². The molecule has 1 aliphatic carbocycles. The molecular formula is C19H27NO2. The van der Waals surface area contributed by atoms with Crippen molar-refractivity contribution < 1.29 is 9.47 Å². The van der Waals surface area contributed by atoms with Gasteiger partial charge >= 0.3 is 0 Å². The Kier molecular flexibility index (Phi) is 5.63. The standard InChI is InChI=1S/C19H27NO2/c1-20(2)19(17-9-6-5-7-10-17)14-12-18(22-4,13-15-19)11-8-16-21-3/h5-7,9-10H,12-16H2,1-4H3. The van der Waals surface area contributed by atoms with E-state index in [2.05, 4.69) is 61.2 Å². The van der Waals surface area contributed by atoms with Gasteiger partial charge in [0, 0.05) is 19.8 Å². The molecule has 1 aliphatic rings. The maximum atomic E-state index is 5.79. The first-order valence-corrected chi connectivity index (χ1v) is 7.86. The van der Waals surface area contributed by atoms with Crippen molar-refractivity contribution in [3.8, 4) is 11.8 Å². The molecule has 0 radical (unpaired) electrons. The number of ether oxygens (including phenoxy) is 2. The number of benzene rings is 1. The van der Waals surface area contributed by atoms with Crippen molar-refractivity contribution in [2.75, 3.05) is 34.9 Å². The first-order valence-electron chi connectivity index (χ1n) is 7.86. The summed E-state index contributed by atoms with van der Waals surface area (Å²) in [6.07, 6.45) is 3.96. The number of nitrogens with zero attached hydrogens (tertiary/aromatic N) is 1. The van der Waals surface area contributed by atoms with Crippen molar-refractivity contribution >= 4 is 0 Å². The first kappa shape index (κ1) is 17.0. The van der Waals surface area contributed by atoms with E-state index in [1.165, 1.54) is 5.56 Å². The Morgan fingerprint density at radius 1 is 1.05 bits per heavy atom. The molecule has 0 N–H and O–H groups in total. The molecule has 120 valence electrons. The lowest BCUT2D eigenvalue weighted by Crippen LogP contribution is -2.49. The van der Waals surface area contributed by atoms with E-state index in [0.717, 1.165) is 25.7 Å². The van der Waals surface area contributed by atoms with Crippen LogP contribution in [0.3, 0.4) is 0 Å². The Labute approximate surface area is 134 Å². The van der Waals surface area contributed by atoms with E-state index in [9.17, 15) is 0 Å². The Bertz CT molecular complexity index is 519. The second-order valence-corrected chi connectivity index (χ2v) is 6.23. The number of methoxy groups -OCH3 is 2. The van der Waals surface area contributed by atoms with Crippen LogP contribution in [0.5, 0.6) is 0 Å². The molecule has 0 saturated heterocycles. The monoisotopic (exact) mass is 301 g/mol. The van der Waals surface area contributed by atoms with Gasteiger partial charge in [-0.1, -0.05) is 42.2 Å². The topological polar surface area (TPSA) is 21.7 Å². The van der Waals surface area contributed by atoms with Gasteiger partial charge < -0.3 is 9.47 Å². The average molecular weight is 301 g/mol. The normalized spacial score (nSPS) is 28.2. The van der Waals surface area contributed by atoms with Crippen LogP contribution in [0.25, 0.3) is 0 Å². The molecule has 1 fully saturated rings. The van der Waals surface area contributed by atoms with Gasteiger partial charge in [-0.25, -0.2) is 0 Å². The maximum Gasteiger partial charge on any atom is 0.128 e. The highest BCUT2D eigenvalue weighted by atomic mass is 16.5. The third kappa shape index (κ3) is 3.35. The summed E-state index contributed by atoms with van der Waals surface area (Å²) >= 11 is 0. The van der Waals surface area contributed by atoms with E-state index in [4.69, 9.17) is 9.47 Å². The quantitative estimate of drug-likeness (QED) is 0.798. The highest BCUT2D eigenvalue weighted by Gasteiger charge is 2.44. The maximum absolute atomic E-state index is 5.79. The lowest BCUT2D eigenvalue weighted by Gasteiger charge is -2.48. The molecular weight excluding hydrogens is 274 g/mol. The van der Waals surface area contributed by atoms with Crippen molar-refractivity contribution in [1.29, 1.82) is 0 Å². The van der Waals surface area contributed by atoms with Crippen LogP contribution < -0.4 is 0 Å². The van der Waals surface area contributed by atoms with Crippen LogP contribution in [-0.4, -0.2) is 45.4 Å². The predicted molar refractivity (Wildman–Crippen MR) is 89.7 cm³/mol. The molecule has 3 nitrogen and oxygen atoms in total. The number of hydrogen-bond acceptors (Lipinski definition) is 3. The van der Waals surface area contributed by atoms with Gasteiger partial charge in [-0.3, -0.25) is 4.90 Å². The van der Waals surface area contributed by atoms with E-state index < -0.39 is 0 Å². The van der Waals surface area contributed by atoms with Gasteiger partial charge in [0.2, 0.25) is 0 Å². The first-order chi connectivity index (χ1) is 10.6. The fraction of sp³-hybridized carbons (Fsp3) is 0.579. The van der Waals surface area contributed by atoms with E-state index in [1.807, 2.05) is 0 Å². The minimum Gasteiger partial charge on any atom is -0.372 e. The Hall–Kier alpha value is -1.34. The van der Waals surface area contributed by atoms with Crippen LogP contribution in [0.1, 0.15) is 31.2 Å². The summed E-state index contributed by atoms with van der Waals surface area (Å²) in [5, 5.41) is 0. The smallest absolute Gasteiger partial charge is 0.128 e. The van der Waals surface area contributed by atoms with Gasteiger partial charge in [0.05, 0.1) is 0 Å². The zero-order valence-electron chi connectivity index (χ0n) is 14.2. The van der Waals surface area contributed by atoms with Crippen molar-refractivity contribution in [3.63, 3.8) is 0 Å². The zero-order valence-corrected chi connectivity index (χ0v) is 14.2. The summed E-state index contributed by atoms with van der Waals surface area (Å²) < 4.78 is 10.8. The fourth-order valence-corrected chi connectivity index (χ4v) is 3.46. The summed E-state index contributed by atoms with van der Waals surface area (Å²) in [5.74, 6) is 6.38. The predicted octanol–water partition coefficient (Wildman–Crippen LogP) is 3.05. The summed E-state index contributed by atoms with van der Waals surface area (Å²) in [6.45, 7) is 0.461. The van der Waals surface area contributed by atoms with Gasteiger partial charge in [0.1, 0.15) is 12.2 Å². The van der Waals surface area contributed by atoms with Gasteiger partial charge in [-0.2, -0.15) is 0 Å². The molecule has 0 bridgehead atoms. The molecule has 1 aromatic carbocycles. The summed E-state index contributed by atoms with van der Waals surface area (Å²) in [4.78, 5) is 2.35. The van der Waals surface area contributed by atoms with Crippen LogP contribution in [0.2, 0.25) is 0 Å². The molecule has 0 aromatic heterocycles. The molecule has 22 heavy (non-hydrogen) atoms. The lowest BCUT2D eigenvalue weighted by molar-refractivity contribution is -0.0367. The second kappa shape index (κ2) is 7.28. The number of rotatable bonds is 4. The molecule has 0 heterocycles. The SMILES string of the molecule is COCC#CC1(OC)CCC(c2ccccc2)(N(C)C)CC1. The van der Waals surface area contributed by atoms with Gasteiger partial charge in [-0.15, -0.1) is 0 Å². The highest BCUT2D eigenvalue weighted by Crippen LogP contribution is 2.45. The largest absolute Gasteiger partial charge is 0.372 e. The fourth-order valence-electron chi connectivity index (χ4n) is 3.46. The Morgan fingerprint density at radius 2 is 1.68 bits per heavy atom. The molecule has 0 aliphatic heterocycles. The summed E-state index contributed by atoms with van der Waals surface area (Å²) in [6, 6.07) is 10.8.